The standard InChI is InChI=1S/C9H10ClN3/c1-6-3-4-7(2)13-9(6)11-8(5-10)12-13/h3-4H,5H2,1-2H3. The maximum atomic E-state index is 5.66. The van der Waals surface area contributed by atoms with E-state index in [1.54, 1.807) is 0 Å². The van der Waals surface area contributed by atoms with E-state index in [2.05, 4.69) is 10.1 Å². The third kappa shape index (κ3) is 1.29. The van der Waals surface area contributed by atoms with Gasteiger partial charge in [0, 0.05) is 5.69 Å². The van der Waals surface area contributed by atoms with Gasteiger partial charge in [-0.15, -0.1) is 16.7 Å². The fourth-order valence-corrected chi connectivity index (χ4v) is 1.42. The molecular formula is C9H10ClN3. The summed E-state index contributed by atoms with van der Waals surface area (Å²) in [7, 11) is 0. The Balaban J connectivity index is 2.80. The molecule has 0 spiro atoms. The van der Waals surface area contributed by atoms with Crippen molar-refractivity contribution in [3.63, 3.8) is 0 Å². The van der Waals surface area contributed by atoms with Gasteiger partial charge in [-0.05, 0) is 25.5 Å². The first-order valence-electron chi connectivity index (χ1n) is 4.10. The number of rotatable bonds is 1. The fourth-order valence-electron chi connectivity index (χ4n) is 1.30. The van der Waals surface area contributed by atoms with E-state index in [0.717, 1.165) is 16.9 Å². The molecule has 3 nitrogen and oxygen atoms in total. The smallest absolute Gasteiger partial charge is 0.166 e. The zero-order chi connectivity index (χ0) is 9.42. The van der Waals surface area contributed by atoms with Crippen molar-refractivity contribution in [3.8, 4) is 0 Å². The number of hydrogen-bond donors (Lipinski definition) is 0. The first-order chi connectivity index (χ1) is 6.22. The lowest BCUT2D eigenvalue weighted by molar-refractivity contribution is 0.883. The fraction of sp³-hybridized carbons (Fsp3) is 0.333. The normalized spacial score (nSPS) is 11.0. The Labute approximate surface area is 81.4 Å². The minimum Gasteiger partial charge on any atom is -0.218 e. The van der Waals surface area contributed by atoms with Crippen LogP contribution in [0.25, 0.3) is 5.65 Å². The molecule has 13 heavy (non-hydrogen) atoms. The second-order valence-corrected chi connectivity index (χ2v) is 3.32. The third-order valence-electron chi connectivity index (χ3n) is 2.03. The summed E-state index contributed by atoms with van der Waals surface area (Å²) in [6.07, 6.45) is 0. The summed E-state index contributed by atoms with van der Waals surface area (Å²) in [5, 5.41) is 4.27. The van der Waals surface area contributed by atoms with Gasteiger partial charge in [-0.2, -0.15) is 0 Å². The zero-order valence-corrected chi connectivity index (χ0v) is 8.34. The number of fused-ring (bicyclic) bond motifs is 1. The number of pyridine rings is 1. The van der Waals surface area contributed by atoms with Crippen molar-refractivity contribution in [3.05, 3.63) is 29.2 Å². The summed E-state index contributed by atoms with van der Waals surface area (Å²) in [6.45, 7) is 4.01. The highest BCUT2D eigenvalue weighted by Crippen LogP contribution is 2.11. The Bertz CT molecular complexity index is 408. The van der Waals surface area contributed by atoms with Crippen molar-refractivity contribution >= 4 is 17.2 Å². The molecule has 0 aliphatic rings. The molecule has 0 amide bonds. The van der Waals surface area contributed by atoms with Crippen LogP contribution < -0.4 is 0 Å². The average Bonchev–Trinajstić information content (AvgIpc) is 2.56. The Morgan fingerprint density at radius 1 is 1.38 bits per heavy atom. The van der Waals surface area contributed by atoms with Crippen molar-refractivity contribution in [2.45, 2.75) is 19.7 Å². The van der Waals surface area contributed by atoms with Crippen LogP contribution in [0.15, 0.2) is 12.1 Å². The topological polar surface area (TPSA) is 30.2 Å². The van der Waals surface area contributed by atoms with E-state index in [4.69, 9.17) is 11.6 Å². The maximum Gasteiger partial charge on any atom is 0.166 e. The molecule has 68 valence electrons. The van der Waals surface area contributed by atoms with E-state index in [1.165, 1.54) is 0 Å². The van der Waals surface area contributed by atoms with Gasteiger partial charge in [-0.3, -0.25) is 0 Å². The van der Waals surface area contributed by atoms with Crippen molar-refractivity contribution in [1.82, 2.24) is 14.6 Å². The van der Waals surface area contributed by atoms with Crippen LogP contribution in [-0.2, 0) is 5.88 Å². The number of alkyl halides is 1. The molecule has 0 saturated carbocycles. The Morgan fingerprint density at radius 3 is 2.77 bits per heavy atom. The van der Waals surface area contributed by atoms with Gasteiger partial charge in [-0.25, -0.2) is 9.50 Å². The van der Waals surface area contributed by atoms with Crippen molar-refractivity contribution in [1.29, 1.82) is 0 Å². The van der Waals surface area contributed by atoms with Gasteiger partial charge in [0.05, 0.1) is 5.88 Å². The molecule has 0 unspecified atom stereocenters. The van der Waals surface area contributed by atoms with Gasteiger partial charge in [0.25, 0.3) is 0 Å². The minimum atomic E-state index is 0.362. The third-order valence-corrected chi connectivity index (χ3v) is 2.27. The molecule has 2 aromatic rings. The van der Waals surface area contributed by atoms with Gasteiger partial charge in [0.1, 0.15) is 0 Å². The zero-order valence-electron chi connectivity index (χ0n) is 7.58. The molecule has 0 aromatic carbocycles. The van der Waals surface area contributed by atoms with Crippen LogP contribution in [0.5, 0.6) is 0 Å². The lowest BCUT2D eigenvalue weighted by Gasteiger charge is -1.98. The second-order valence-electron chi connectivity index (χ2n) is 3.05. The van der Waals surface area contributed by atoms with Gasteiger partial charge in [0.2, 0.25) is 0 Å². The Morgan fingerprint density at radius 2 is 2.15 bits per heavy atom. The predicted octanol–water partition coefficient (Wildman–Crippen LogP) is 2.08. The molecule has 0 atom stereocenters. The van der Waals surface area contributed by atoms with Gasteiger partial charge < -0.3 is 0 Å². The summed E-state index contributed by atoms with van der Waals surface area (Å²) >= 11 is 5.66. The van der Waals surface area contributed by atoms with E-state index in [0.29, 0.717) is 11.7 Å². The highest BCUT2D eigenvalue weighted by Gasteiger charge is 2.05. The average molecular weight is 196 g/mol. The minimum absolute atomic E-state index is 0.362. The van der Waals surface area contributed by atoms with E-state index < -0.39 is 0 Å². The molecule has 2 rings (SSSR count). The van der Waals surface area contributed by atoms with E-state index in [1.807, 2.05) is 30.5 Å². The van der Waals surface area contributed by atoms with Gasteiger partial charge in [-0.1, -0.05) is 6.07 Å². The molecule has 0 radical (unpaired) electrons. The molecule has 0 bridgehead atoms. The number of nitrogens with zero attached hydrogens (tertiary/aromatic N) is 3. The lowest BCUT2D eigenvalue weighted by atomic mass is 10.3. The number of aryl methyl sites for hydroxylation is 2. The number of aromatic nitrogens is 3. The maximum absolute atomic E-state index is 5.66. The van der Waals surface area contributed by atoms with Crippen LogP contribution in [0.4, 0.5) is 0 Å². The summed E-state index contributed by atoms with van der Waals surface area (Å²) in [5.41, 5.74) is 3.09. The molecule has 4 heteroatoms. The van der Waals surface area contributed by atoms with Crippen molar-refractivity contribution < 1.29 is 0 Å². The predicted molar refractivity (Wildman–Crippen MR) is 52.0 cm³/mol. The molecule has 0 aliphatic heterocycles. The number of halogens is 1. The van der Waals surface area contributed by atoms with Crippen molar-refractivity contribution in [2.75, 3.05) is 0 Å². The van der Waals surface area contributed by atoms with Crippen LogP contribution in [0.1, 0.15) is 17.1 Å². The summed E-state index contributed by atoms with van der Waals surface area (Å²) in [5.74, 6) is 1.04. The summed E-state index contributed by atoms with van der Waals surface area (Å²) in [6, 6.07) is 4.06. The molecule has 0 fully saturated rings. The van der Waals surface area contributed by atoms with Crippen LogP contribution in [0.3, 0.4) is 0 Å². The molecule has 2 aromatic heterocycles. The molecule has 2 heterocycles. The Kier molecular flexibility index (Phi) is 1.96. The molecule has 0 saturated heterocycles. The molecular weight excluding hydrogens is 186 g/mol. The largest absolute Gasteiger partial charge is 0.218 e. The first kappa shape index (κ1) is 8.51. The second kappa shape index (κ2) is 3.00. The highest BCUT2D eigenvalue weighted by molar-refractivity contribution is 6.16. The van der Waals surface area contributed by atoms with Crippen LogP contribution in [0.2, 0.25) is 0 Å². The summed E-state index contributed by atoms with van der Waals surface area (Å²) in [4.78, 5) is 4.31. The highest BCUT2D eigenvalue weighted by atomic mass is 35.5. The molecule has 0 aliphatic carbocycles. The van der Waals surface area contributed by atoms with Crippen LogP contribution in [0, 0.1) is 13.8 Å². The molecule has 0 N–H and O–H groups in total. The number of hydrogen-bond acceptors (Lipinski definition) is 2. The van der Waals surface area contributed by atoms with Crippen LogP contribution >= 0.6 is 11.6 Å². The SMILES string of the molecule is Cc1ccc(C)n2nc(CCl)nc12. The van der Waals surface area contributed by atoms with Gasteiger partial charge >= 0.3 is 0 Å². The van der Waals surface area contributed by atoms with E-state index >= 15 is 0 Å². The summed E-state index contributed by atoms with van der Waals surface area (Å²) < 4.78 is 1.83. The van der Waals surface area contributed by atoms with Crippen molar-refractivity contribution in [2.24, 2.45) is 0 Å². The van der Waals surface area contributed by atoms with E-state index in [9.17, 15) is 0 Å². The quantitative estimate of drug-likeness (QED) is 0.653. The van der Waals surface area contributed by atoms with Crippen LogP contribution in [-0.4, -0.2) is 14.6 Å². The van der Waals surface area contributed by atoms with Gasteiger partial charge in [0.15, 0.2) is 11.5 Å². The Hall–Kier alpha value is -1.09. The first-order valence-corrected chi connectivity index (χ1v) is 4.63. The van der Waals surface area contributed by atoms with E-state index in [-0.39, 0.29) is 0 Å². The monoisotopic (exact) mass is 195 g/mol. The lowest BCUT2D eigenvalue weighted by Crippen LogP contribution is -1.94.